The molecular formula is C24H24ClN5O4. The molecule has 3 heterocycles. The van der Waals surface area contributed by atoms with Gasteiger partial charge in [0.25, 0.3) is 11.6 Å². The second kappa shape index (κ2) is 9.08. The number of nitrogens with zero attached hydrogens (tertiary/aromatic N) is 5. The molecule has 0 bridgehead atoms. The van der Waals surface area contributed by atoms with E-state index in [1.54, 1.807) is 29.2 Å². The van der Waals surface area contributed by atoms with Gasteiger partial charge in [-0.25, -0.2) is 0 Å². The number of hydrogen-bond acceptors (Lipinski definition) is 7. The lowest BCUT2D eigenvalue weighted by molar-refractivity contribution is -0.384. The van der Waals surface area contributed by atoms with Crippen molar-refractivity contribution in [1.29, 1.82) is 0 Å². The van der Waals surface area contributed by atoms with Gasteiger partial charge in [0.05, 0.1) is 17.2 Å². The molecule has 0 radical (unpaired) electrons. The zero-order valence-corrected chi connectivity index (χ0v) is 19.5. The van der Waals surface area contributed by atoms with Crippen LogP contribution in [-0.4, -0.2) is 65.6 Å². The quantitative estimate of drug-likeness (QED) is 0.412. The number of aromatic nitrogens is 1. The van der Waals surface area contributed by atoms with E-state index in [-0.39, 0.29) is 11.6 Å². The highest BCUT2D eigenvalue weighted by Crippen LogP contribution is 2.33. The molecule has 1 aromatic heterocycles. The lowest BCUT2D eigenvalue weighted by Gasteiger charge is -2.33. The Hall–Kier alpha value is -3.43. The molecule has 34 heavy (non-hydrogen) atoms. The van der Waals surface area contributed by atoms with E-state index in [2.05, 4.69) is 10.1 Å². The lowest BCUT2D eigenvalue weighted by atomic mass is 10.0. The maximum Gasteiger partial charge on any atom is 0.293 e. The number of nitro benzene ring substituents is 1. The summed E-state index contributed by atoms with van der Waals surface area (Å²) in [6.07, 6.45) is 0.555. The molecule has 3 aromatic rings. The fourth-order valence-electron chi connectivity index (χ4n) is 4.51. The Kier molecular flexibility index (Phi) is 5.97. The van der Waals surface area contributed by atoms with Crippen LogP contribution in [0.4, 0.5) is 11.4 Å². The molecular weight excluding hydrogens is 458 g/mol. The number of benzene rings is 2. The largest absolute Gasteiger partial charge is 0.363 e. The van der Waals surface area contributed by atoms with Crippen LogP contribution >= 0.6 is 11.6 Å². The third-order valence-electron chi connectivity index (χ3n) is 6.49. The van der Waals surface area contributed by atoms with E-state index in [9.17, 15) is 14.9 Å². The summed E-state index contributed by atoms with van der Waals surface area (Å²) in [4.78, 5) is 30.7. The molecule has 9 nitrogen and oxygen atoms in total. The van der Waals surface area contributed by atoms with Crippen LogP contribution in [0.1, 0.15) is 21.6 Å². The van der Waals surface area contributed by atoms with Crippen molar-refractivity contribution in [1.82, 2.24) is 15.0 Å². The van der Waals surface area contributed by atoms with E-state index in [1.807, 2.05) is 24.1 Å². The first-order valence-corrected chi connectivity index (χ1v) is 11.5. The van der Waals surface area contributed by atoms with Crippen molar-refractivity contribution in [3.63, 3.8) is 0 Å². The molecule has 2 aliphatic rings. The highest BCUT2D eigenvalue weighted by atomic mass is 35.5. The summed E-state index contributed by atoms with van der Waals surface area (Å²) < 4.78 is 5.59. The minimum absolute atomic E-state index is 0.0417. The van der Waals surface area contributed by atoms with Gasteiger partial charge in [-0.05, 0) is 43.4 Å². The van der Waals surface area contributed by atoms with Crippen LogP contribution < -0.4 is 4.90 Å². The van der Waals surface area contributed by atoms with Crippen molar-refractivity contribution in [2.45, 2.75) is 13.0 Å². The lowest BCUT2D eigenvalue weighted by Crippen LogP contribution is -2.44. The molecule has 1 amide bonds. The average Bonchev–Trinajstić information content (AvgIpc) is 3.27. The van der Waals surface area contributed by atoms with E-state index >= 15 is 0 Å². The Morgan fingerprint density at radius 1 is 1.09 bits per heavy atom. The number of anilines is 1. The summed E-state index contributed by atoms with van der Waals surface area (Å²) in [7, 11) is 2.03. The number of carbonyl (C=O) groups excluding carboxylic acids is 1. The van der Waals surface area contributed by atoms with E-state index in [1.165, 1.54) is 6.07 Å². The number of halogens is 1. The summed E-state index contributed by atoms with van der Waals surface area (Å²) in [5.41, 5.74) is 3.33. The van der Waals surface area contributed by atoms with Crippen molar-refractivity contribution in [2.24, 2.45) is 0 Å². The Bertz CT molecular complexity index is 1230. The number of amides is 1. The van der Waals surface area contributed by atoms with Gasteiger partial charge in [-0.15, -0.1) is 0 Å². The third-order valence-corrected chi connectivity index (χ3v) is 6.75. The van der Waals surface area contributed by atoms with Crippen molar-refractivity contribution < 1.29 is 14.2 Å². The molecule has 0 unspecified atom stereocenters. The van der Waals surface area contributed by atoms with E-state index in [4.69, 9.17) is 16.1 Å². The minimum Gasteiger partial charge on any atom is -0.363 e. The number of carbonyl (C=O) groups is 1. The van der Waals surface area contributed by atoms with Gasteiger partial charge < -0.3 is 19.2 Å². The average molecular weight is 482 g/mol. The number of piperazine rings is 1. The Balaban J connectivity index is 1.39. The predicted molar refractivity (Wildman–Crippen MR) is 128 cm³/mol. The first-order chi connectivity index (χ1) is 16.4. The molecule has 176 valence electrons. The summed E-state index contributed by atoms with van der Waals surface area (Å²) in [5.74, 6) is 0.363. The number of rotatable bonds is 4. The maximum absolute atomic E-state index is 13.3. The molecule has 5 rings (SSSR count). The Morgan fingerprint density at radius 2 is 1.82 bits per heavy atom. The van der Waals surface area contributed by atoms with Crippen LogP contribution in [0.2, 0.25) is 5.02 Å². The fourth-order valence-corrected chi connectivity index (χ4v) is 4.64. The molecule has 0 spiro atoms. The van der Waals surface area contributed by atoms with E-state index in [0.29, 0.717) is 54.6 Å². The second-order valence-electron chi connectivity index (χ2n) is 8.67. The monoisotopic (exact) mass is 481 g/mol. The molecule has 0 N–H and O–H groups in total. The zero-order valence-electron chi connectivity index (χ0n) is 18.7. The summed E-state index contributed by atoms with van der Waals surface area (Å²) >= 11 is 6.00. The Morgan fingerprint density at radius 3 is 2.53 bits per heavy atom. The second-order valence-corrected chi connectivity index (χ2v) is 9.11. The fraction of sp³-hybridized carbons (Fsp3) is 0.333. The molecule has 0 saturated carbocycles. The smallest absolute Gasteiger partial charge is 0.293 e. The Labute approximate surface area is 201 Å². The van der Waals surface area contributed by atoms with Crippen molar-refractivity contribution in [3.8, 4) is 11.3 Å². The van der Waals surface area contributed by atoms with Crippen LogP contribution in [0.15, 0.2) is 47.0 Å². The van der Waals surface area contributed by atoms with E-state index in [0.717, 1.165) is 29.9 Å². The van der Waals surface area contributed by atoms with Gasteiger partial charge in [0.15, 0.2) is 5.76 Å². The van der Waals surface area contributed by atoms with Gasteiger partial charge in [-0.3, -0.25) is 14.9 Å². The zero-order chi connectivity index (χ0) is 23.8. The maximum atomic E-state index is 13.3. The topological polar surface area (TPSA) is 96.0 Å². The number of hydrogen-bond donors (Lipinski definition) is 0. The van der Waals surface area contributed by atoms with Gasteiger partial charge >= 0.3 is 0 Å². The highest BCUT2D eigenvalue weighted by molar-refractivity contribution is 6.30. The van der Waals surface area contributed by atoms with Crippen molar-refractivity contribution in [3.05, 3.63) is 74.4 Å². The standard InChI is InChI=1S/C24H24ClN5O4/c1-27-10-12-28(13-11-27)21-7-4-17(14-22(21)30(32)33)24(31)29-9-8-20-19(15-29)23(34-26-20)16-2-5-18(25)6-3-16/h2-7,14H,8-13,15H2,1H3. The van der Waals surface area contributed by atoms with Crippen LogP contribution in [0.3, 0.4) is 0 Å². The highest BCUT2D eigenvalue weighted by Gasteiger charge is 2.30. The summed E-state index contributed by atoms with van der Waals surface area (Å²) in [5, 5.41) is 16.7. The molecule has 2 aromatic carbocycles. The molecule has 0 atom stereocenters. The van der Waals surface area contributed by atoms with Gasteiger partial charge in [0, 0.05) is 66.9 Å². The SMILES string of the molecule is CN1CCN(c2ccc(C(=O)N3CCc4noc(-c5ccc(Cl)cc5)c4C3)cc2[N+](=O)[O-])CC1. The number of likely N-dealkylation sites (N-methyl/N-ethyl adjacent to an activating group) is 1. The third kappa shape index (κ3) is 4.24. The van der Waals surface area contributed by atoms with Crippen LogP contribution in [0.25, 0.3) is 11.3 Å². The number of fused-ring (bicyclic) bond motifs is 1. The van der Waals surface area contributed by atoms with Crippen LogP contribution in [0.5, 0.6) is 0 Å². The molecule has 10 heteroatoms. The minimum atomic E-state index is -0.405. The van der Waals surface area contributed by atoms with Gasteiger partial charge in [-0.1, -0.05) is 16.8 Å². The van der Waals surface area contributed by atoms with Crippen LogP contribution in [-0.2, 0) is 13.0 Å². The number of nitro groups is 1. The van der Waals surface area contributed by atoms with Gasteiger partial charge in [0.1, 0.15) is 5.69 Å². The van der Waals surface area contributed by atoms with Crippen molar-refractivity contribution >= 4 is 28.9 Å². The van der Waals surface area contributed by atoms with Gasteiger partial charge in [-0.2, -0.15) is 0 Å². The van der Waals surface area contributed by atoms with Gasteiger partial charge in [0.2, 0.25) is 0 Å². The van der Waals surface area contributed by atoms with E-state index < -0.39 is 4.92 Å². The first kappa shape index (κ1) is 22.4. The normalized spacial score (nSPS) is 16.4. The molecule has 0 aliphatic carbocycles. The molecule has 1 saturated heterocycles. The summed E-state index contributed by atoms with van der Waals surface area (Å²) in [6, 6.07) is 12.0. The van der Waals surface area contributed by atoms with Crippen LogP contribution in [0, 0.1) is 10.1 Å². The predicted octanol–water partition coefficient (Wildman–Crippen LogP) is 3.85. The molecule has 2 aliphatic heterocycles. The van der Waals surface area contributed by atoms with Crippen molar-refractivity contribution in [2.75, 3.05) is 44.7 Å². The summed E-state index contributed by atoms with van der Waals surface area (Å²) in [6.45, 7) is 3.88. The molecule has 1 fully saturated rings. The first-order valence-electron chi connectivity index (χ1n) is 11.2.